The van der Waals surface area contributed by atoms with Crippen LogP contribution in [0, 0.1) is 0 Å². The van der Waals surface area contributed by atoms with E-state index in [0.29, 0.717) is 6.04 Å². The first-order valence-corrected chi connectivity index (χ1v) is 6.55. The minimum atomic E-state index is 0.614. The summed E-state index contributed by atoms with van der Waals surface area (Å²) in [7, 11) is 0. The van der Waals surface area contributed by atoms with Crippen LogP contribution in [0.25, 0.3) is 0 Å². The molecule has 90 valence electrons. The fourth-order valence-electron chi connectivity index (χ4n) is 1.62. The van der Waals surface area contributed by atoms with Gasteiger partial charge in [0, 0.05) is 6.04 Å². The maximum absolute atomic E-state index is 3.43. The van der Waals surface area contributed by atoms with Gasteiger partial charge in [0.2, 0.25) is 0 Å². The van der Waals surface area contributed by atoms with Crippen LogP contribution in [-0.4, -0.2) is 12.6 Å². The van der Waals surface area contributed by atoms with Gasteiger partial charge in [0.1, 0.15) is 0 Å². The van der Waals surface area contributed by atoms with Gasteiger partial charge in [-0.25, -0.2) is 0 Å². The number of allylic oxidation sites excluding steroid dienone is 1. The van der Waals surface area contributed by atoms with E-state index in [1.165, 1.54) is 38.5 Å². The Morgan fingerprint density at radius 3 is 2.53 bits per heavy atom. The van der Waals surface area contributed by atoms with Crippen molar-refractivity contribution in [2.75, 3.05) is 6.54 Å². The molecule has 0 fully saturated rings. The Labute approximate surface area is 96.3 Å². The zero-order chi connectivity index (χ0) is 11.5. The molecule has 1 heteroatoms. The smallest absolute Gasteiger partial charge is 0.00105 e. The molecule has 0 atom stereocenters. The summed E-state index contributed by atoms with van der Waals surface area (Å²) < 4.78 is 0. The molecule has 0 aliphatic heterocycles. The molecular formula is C14H29N. The van der Waals surface area contributed by atoms with Crippen LogP contribution < -0.4 is 5.32 Å². The highest BCUT2D eigenvalue weighted by Gasteiger charge is 1.92. The predicted molar refractivity (Wildman–Crippen MR) is 70.3 cm³/mol. The molecule has 0 bridgehead atoms. The van der Waals surface area contributed by atoms with Crippen LogP contribution in [-0.2, 0) is 0 Å². The Hall–Kier alpha value is -0.300. The lowest BCUT2D eigenvalue weighted by Gasteiger charge is -2.06. The average molecular weight is 211 g/mol. The molecule has 0 saturated heterocycles. The Morgan fingerprint density at radius 2 is 1.93 bits per heavy atom. The van der Waals surface area contributed by atoms with Crippen LogP contribution in [0.5, 0.6) is 0 Å². The van der Waals surface area contributed by atoms with Crippen LogP contribution in [0.2, 0.25) is 0 Å². The van der Waals surface area contributed by atoms with E-state index in [1.54, 1.807) is 5.57 Å². The Bertz CT molecular complexity index is 159. The second kappa shape index (κ2) is 10.2. The number of rotatable bonds is 9. The lowest BCUT2D eigenvalue weighted by atomic mass is 10.1. The monoisotopic (exact) mass is 211 g/mol. The molecule has 0 aromatic carbocycles. The fourth-order valence-corrected chi connectivity index (χ4v) is 1.62. The maximum Gasteiger partial charge on any atom is 0.00105 e. The second-order valence-electron chi connectivity index (χ2n) is 4.76. The second-order valence-corrected chi connectivity index (χ2v) is 4.76. The first kappa shape index (κ1) is 14.7. The Balaban J connectivity index is 3.35. The molecule has 1 N–H and O–H groups in total. The van der Waals surface area contributed by atoms with Crippen molar-refractivity contribution in [2.24, 2.45) is 0 Å². The zero-order valence-electron chi connectivity index (χ0n) is 11.1. The molecule has 0 aromatic heterocycles. The van der Waals surface area contributed by atoms with Gasteiger partial charge in [-0.1, -0.05) is 51.7 Å². The third kappa shape index (κ3) is 11.6. The third-order valence-corrected chi connectivity index (χ3v) is 2.61. The summed E-state index contributed by atoms with van der Waals surface area (Å²) in [6.45, 7) is 10.0. The predicted octanol–water partition coefficient (Wildman–Crippen LogP) is 4.29. The van der Waals surface area contributed by atoms with E-state index in [4.69, 9.17) is 0 Å². The van der Waals surface area contributed by atoms with E-state index in [0.717, 1.165) is 6.54 Å². The molecule has 1 nitrogen and oxygen atoms in total. The van der Waals surface area contributed by atoms with Gasteiger partial charge >= 0.3 is 0 Å². The van der Waals surface area contributed by atoms with Crippen molar-refractivity contribution in [3.63, 3.8) is 0 Å². The van der Waals surface area contributed by atoms with Crippen molar-refractivity contribution in [3.8, 4) is 0 Å². The molecule has 0 aromatic rings. The summed E-state index contributed by atoms with van der Waals surface area (Å²) in [6.07, 6.45) is 10.4. The van der Waals surface area contributed by atoms with Crippen molar-refractivity contribution in [1.82, 2.24) is 5.32 Å². The average Bonchev–Trinajstić information content (AvgIpc) is 2.19. The number of hydrogen-bond acceptors (Lipinski definition) is 1. The molecule has 0 saturated carbocycles. The summed E-state index contributed by atoms with van der Waals surface area (Å²) in [4.78, 5) is 0. The summed E-state index contributed by atoms with van der Waals surface area (Å²) in [5.41, 5.74) is 1.57. The van der Waals surface area contributed by atoms with E-state index in [-0.39, 0.29) is 0 Å². The minimum Gasteiger partial charge on any atom is -0.314 e. The van der Waals surface area contributed by atoms with E-state index < -0.39 is 0 Å². The molecule has 0 radical (unpaired) electrons. The van der Waals surface area contributed by atoms with Crippen LogP contribution in [0.15, 0.2) is 11.6 Å². The Morgan fingerprint density at radius 1 is 1.20 bits per heavy atom. The number of nitrogens with one attached hydrogen (secondary N) is 1. The van der Waals surface area contributed by atoms with Crippen molar-refractivity contribution >= 4 is 0 Å². The van der Waals surface area contributed by atoms with Gasteiger partial charge in [0.05, 0.1) is 0 Å². The highest BCUT2D eigenvalue weighted by atomic mass is 14.9. The molecule has 0 aliphatic carbocycles. The van der Waals surface area contributed by atoms with Crippen LogP contribution in [0.1, 0.15) is 66.2 Å². The topological polar surface area (TPSA) is 12.0 Å². The molecular weight excluding hydrogens is 182 g/mol. The molecule has 0 unspecified atom stereocenters. The molecule has 0 spiro atoms. The van der Waals surface area contributed by atoms with Gasteiger partial charge in [-0.05, 0) is 32.7 Å². The summed E-state index contributed by atoms with van der Waals surface area (Å²) in [5.74, 6) is 0. The van der Waals surface area contributed by atoms with Crippen molar-refractivity contribution in [2.45, 2.75) is 72.3 Å². The standard InChI is InChI=1S/C14H29N/c1-5-6-7-8-10-14(4)11-9-12-15-13(2)3/h11,13,15H,5-10,12H2,1-4H3. The van der Waals surface area contributed by atoms with E-state index in [2.05, 4.69) is 39.1 Å². The zero-order valence-corrected chi connectivity index (χ0v) is 11.1. The molecule has 0 aliphatic rings. The van der Waals surface area contributed by atoms with Gasteiger partial charge in [-0.3, -0.25) is 0 Å². The van der Waals surface area contributed by atoms with Gasteiger partial charge in [-0.15, -0.1) is 0 Å². The maximum atomic E-state index is 3.43. The number of unbranched alkanes of at least 4 members (excludes halogenated alkanes) is 3. The normalized spacial score (nSPS) is 12.5. The molecule has 15 heavy (non-hydrogen) atoms. The number of hydrogen-bond donors (Lipinski definition) is 1. The van der Waals surface area contributed by atoms with E-state index >= 15 is 0 Å². The lowest BCUT2D eigenvalue weighted by molar-refractivity contribution is 0.593. The van der Waals surface area contributed by atoms with Gasteiger partial charge in [0.25, 0.3) is 0 Å². The van der Waals surface area contributed by atoms with Crippen molar-refractivity contribution in [3.05, 3.63) is 11.6 Å². The Kier molecular flexibility index (Phi) is 10.0. The first-order chi connectivity index (χ1) is 7.16. The van der Waals surface area contributed by atoms with Crippen LogP contribution in [0.3, 0.4) is 0 Å². The SMILES string of the molecule is CCCCCCC(C)=CCCNC(C)C. The summed E-state index contributed by atoms with van der Waals surface area (Å²) in [6, 6.07) is 0.614. The quantitative estimate of drug-likeness (QED) is 0.443. The van der Waals surface area contributed by atoms with Crippen LogP contribution in [0.4, 0.5) is 0 Å². The van der Waals surface area contributed by atoms with Crippen molar-refractivity contribution in [1.29, 1.82) is 0 Å². The molecule has 0 amide bonds. The van der Waals surface area contributed by atoms with Crippen LogP contribution >= 0.6 is 0 Å². The summed E-state index contributed by atoms with van der Waals surface area (Å²) >= 11 is 0. The van der Waals surface area contributed by atoms with E-state index in [9.17, 15) is 0 Å². The molecule has 0 rings (SSSR count). The van der Waals surface area contributed by atoms with E-state index in [1.807, 2.05) is 0 Å². The largest absolute Gasteiger partial charge is 0.314 e. The highest BCUT2D eigenvalue weighted by Crippen LogP contribution is 2.09. The first-order valence-electron chi connectivity index (χ1n) is 6.55. The van der Waals surface area contributed by atoms with Gasteiger partial charge in [0.15, 0.2) is 0 Å². The highest BCUT2D eigenvalue weighted by molar-refractivity contribution is 4.97. The summed E-state index contributed by atoms with van der Waals surface area (Å²) in [5, 5.41) is 3.43. The van der Waals surface area contributed by atoms with Gasteiger partial charge in [-0.2, -0.15) is 0 Å². The van der Waals surface area contributed by atoms with Gasteiger partial charge < -0.3 is 5.32 Å². The molecule has 0 heterocycles. The minimum absolute atomic E-state index is 0.614. The lowest BCUT2D eigenvalue weighted by Crippen LogP contribution is -2.23. The fraction of sp³-hybridized carbons (Fsp3) is 0.857. The third-order valence-electron chi connectivity index (χ3n) is 2.61. The van der Waals surface area contributed by atoms with Crippen molar-refractivity contribution < 1.29 is 0 Å².